The first-order chi connectivity index (χ1) is 13.4. The van der Waals surface area contributed by atoms with Gasteiger partial charge in [-0.25, -0.2) is 30.3 Å². The molecule has 0 heterocycles. The topological polar surface area (TPSA) is 80.3 Å². The predicted molar refractivity (Wildman–Crippen MR) is 107 cm³/mol. The van der Waals surface area contributed by atoms with Crippen LogP contribution in [0.1, 0.15) is 31.2 Å². The quantitative estimate of drug-likeness (QED) is 0.731. The third-order valence-corrected chi connectivity index (χ3v) is 8.79. The van der Waals surface area contributed by atoms with Gasteiger partial charge in [-0.3, -0.25) is 0 Å². The average molecular weight is 464 g/mol. The fraction of sp³-hybridized carbons (Fsp3) is 0.368. The van der Waals surface area contributed by atoms with E-state index in [9.17, 15) is 25.6 Å². The van der Waals surface area contributed by atoms with Gasteiger partial charge in [0.1, 0.15) is 16.4 Å². The van der Waals surface area contributed by atoms with Crippen molar-refractivity contribution in [3.05, 3.63) is 64.7 Å². The molecule has 1 N–H and O–H groups in total. The molecule has 1 aliphatic rings. The molecule has 0 aromatic heterocycles. The van der Waals surface area contributed by atoms with Crippen LogP contribution in [0.15, 0.2) is 47.4 Å². The molecule has 158 valence electrons. The van der Waals surface area contributed by atoms with Crippen LogP contribution in [0.25, 0.3) is 0 Å². The first-order valence-corrected chi connectivity index (χ1v) is 12.6. The van der Waals surface area contributed by atoms with Crippen molar-refractivity contribution in [2.75, 3.05) is 6.26 Å². The Morgan fingerprint density at radius 2 is 1.59 bits per heavy atom. The van der Waals surface area contributed by atoms with Crippen molar-refractivity contribution < 1.29 is 25.6 Å². The molecule has 1 fully saturated rings. The largest absolute Gasteiger partial charge is 0.223 e. The van der Waals surface area contributed by atoms with Crippen LogP contribution in [0.3, 0.4) is 0 Å². The van der Waals surface area contributed by atoms with Crippen LogP contribution in [0, 0.1) is 11.6 Å². The summed E-state index contributed by atoms with van der Waals surface area (Å²) in [6.45, 7) is 0. The van der Waals surface area contributed by atoms with E-state index in [4.69, 9.17) is 11.6 Å². The van der Waals surface area contributed by atoms with Crippen LogP contribution in [0.2, 0.25) is 5.02 Å². The molecule has 0 unspecified atom stereocenters. The van der Waals surface area contributed by atoms with E-state index in [1.807, 2.05) is 0 Å². The summed E-state index contributed by atoms with van der Waals surface area (Å²) < 4.78 is 79.7. The Hall–Kier alpha value is -1.55. The molecule has 29 heavy (non-hydrogen) atoms. The number of sulfone groups is 1. The van der Waals surface area contributed by atoms with Gasteiger partial charge in [-0.05, 0) is 68.1 Å². The summed E-state index contributed by atoms with van der Waals surface area (Å²) in [4.78, 5) is -0.0555. The number of benzene rings is 2. The number of hydrogen-bond acceptors (Lipinski definition) is 4. The molecule has 2 aromatic rings. The molecule has 1 aliphatic carbocycles. The lowest BCUT2D eigenvalue weighted by atomic mass is 9.80. The highest BCUT2D eigenvalue weighted by molar-refractivity contribution is 7.92. The van der Waals surface area contributed by atoms with E-state index < -0.39 is 42.3 Å². The first kappa shape index (κ1) is 22.1. The Kier molecular flexibility index (Phi) is 6.06. The summed E-state index contributed by atoms with van der Waals surface area (Å²) in [7, 11) is -7.62. The smallest absolute Gasteiger partial charge is 0.208 e. The van der Waals surface area contributed by atoms with Crippen molar-refractivity contribution in [3.63, 3.8) is 0 Å². The van der Waals surface area contributed by atoms with Crippen LogP contribution < -0.4 is 4.72 Å². The zero-order valence-electron chi connectivity index (χ0n) is 15.5. The average Bonchev–Trinajstić information content (AvgIpc) is 2.63. The van der Waals surface area contributed by atoms with Gasteiger partial charge in [-0.1, -0.05) is 11.6 Å². The van der Waals surface area contributed by atoms with Gasteiger partial charge in [0.05, 0.1) is 11.2 Å². The van der Waals surface area contributed by atoms with E-state index in [2.05, 4.69) is 4.72 Å². The zero-order valence-corrected chi connectivity index (χ0v) is 17.9. The lowest BCUT2D eigenvalue weighted by Crippen LogP contribution is -2.46. The van der Waals surface area contributed by atoms with Gasteiger partial charge in [0, 0.05) is 16.6 Å². The fourth-order valence-electron chi connectivity index (χ4n) is 3.87. The van der Waals surface area contributed by atoms with Gasteiger partial charge in [0.15, 0.2) is 9.84 Å². The second-order valence-electron chi connectivity index (χ2n) is 7.24. The highest BCUT2D eigenvalue weighted by Crippen LogP contribution is 2.48. The zero-order chi connectivity index (χ0) is 21.4. The highest BCUT2D eigenvalue weighted by atomic mass is 35.5. The van der Waals surface area contributed by atoms with Crippen LogP contribution in [-0.2, 0) is 24.6 Å². The Morgan fingerprint density at radius 1 is 1.00 bits per heavy atom. The second-order valence-corrected chi connectivity index (χ2v) is 11.7. The summed E-state index contributed by atoms with van der Waals surface area (Å²) in [5, 5.41) is 0.344. The van der Waals surface area contributed by atoms with Gasteiger partial charge in [-0.2, -0.15) is 0 Å². The van der Waals surface area contributed by atoms with Crippen LogP contribution >= 0.6 is 11.6 Å². The molecule has 0 amide bonds. The van der Waals surface area contributed by atoms with Crippen LogP contribution in [0.4, 0.5) is 8.78 Å². The molecule has 0 spiro atoms. The van der Waals surface area contributed by atoms with Crippen LogP contribution in [0.5, 0.6) is 0 Å². The Morgan fingerprint density at radius 3 is 2.14 bits per heavy atom. The number of halogens is 3. The van der Waals surface area contributed by atoms with Crippen molar-refractivity contribution in [2.45, 2.75) is 41.4 Å². The van der Waals surface area contributed by atoms with E-state index >= 15 is 0 Å². The first-order valence-electron chi connectivity index (χ1n) is 8.88. The number of hydrogen-bond donors (Lipinski definition) is 1. The molecule has 3 rings (SSSR count). The van der Waals surface area contributed by atoms with Crippen molar-refractivity contribution in [2.24, 2.45) is 0 Å². The number of nitrogens with one attached hydrogen (secondary N) is 1. The molecule has 0 atom stereocenters. The highest BCUT2D eigenvalue weighted by Gasteiger charge is 2.50. The SMILES string of the molecule is CS(=O)(=O)N[C@H]1CC[C@@](c2cc(F)ccc2F)(S(=O)(=O)c2ccc(Cl)cc2)CC1. The third-order valence-electron chi connectivity index (χ3n) is 5.23. The van der Waals surface area contributed by atoms with Crippen LogP contribution in [-0.4, -0.2) is 29.1 Å². The number of rotatable bonds is 5. The molecular formula is C19H20ClF2NO4S2. The molecular weight excluding hydrogens is 444 g/mol. The van der Waals surface area contributed by atoms with Gasteiger partial charge in [-0.15, -0.1) is 0 Å². The van der Waals surface area contributed by atoms with Crippen molar-refractivity contribution >= 4 is 31.5 Å². The fourth-order valence-corrected chi connectivity index (χ4v) is 7.01. The Labute approximate surface area is 174 Å². The third kappa shape index (κ3) is 4.47. The molecule has 2 aromatic carbocycles. The van der Waals surface area contributed by atoms with Crippen molar-refractivity contribution in [3.8, 4) is 0 Å². The van der Waals surface area contributed by atoms with Gasteiger partial charge < -0.3 is 0 Å². The maximum atomic E-state index is 14.7. The molecule has 10 heteroatoms. The minimum Gasteiger partial charge on any atom is -0.223 e. The van der Waals surface area contributed by atoms with Gasteiger partial charge in [0.25, 0.3) is 0 Å². The Balaban J connectivity index is 2.11. The summed E-state index contributed by atoms with van der Waals surface area (Å²) in [5.41, 5.74) is -0.245. The van der Waals surface area contributed by atoms with E-state index in [1.165, 1.54) is 24.3 Å². The van der Waals surface area contributed by atoms with E-state index in [-0.39, 0.29) is 36.1 Å². The van der Waals surface area contributed by atoms with Gasteiger partial charge >= 0.3 is 0 Å². The summed E-state index contributed by atoms with van der Waals surface area (Å²) >= 11 is 5.86. The molecule has 0 aliphatic heterocycles. The monoisotopic (exact) mass is 463 g/mol. The minimum atomic E-state index is -4.14. The van der Waals surface area contributed by atoms with Crippen molar-refractivity contribution in [1.82, 2.24) is 4.72 Å². The maximum absolute atomic E-state index is 14.7. The van der Waals surface area contributed by atoms with Gasteiger partial charge in [0.2, 0.25) is 10.0 Å². The van der Waals surface area contributed by atoms with E-state index in [1.54, 1.807) is 0 Å². The second kappa shape index (κ2) is 7.94. The summed E-state index contributed by atoms with van der Waals surface area (Å²) in [6, 6.07) is 7.77. The van der Waals surface area contributed by atoms with E-state index in [0.29, 0.717) is 5.02 Å². The maximum Gasteiger partial charge on any atom is 0.208 e. The van der Waals surface area contributed by atoms with E-state index in [0.717, 1.165) is 24.5 Å². The molecule has 0 saturated heterocycles. The molecule has 0 radical (unpaired) electrons. The standard InChI is InChI=1S/C19H20ClF2NO4S2/c1-28(24,25)23-15-8-10-19(11-9-15,17-12-14(21)4-7-18(17)22)29(26,27)16-5-2-13(20)3-6-16/h2-7,12,15,23H,8-11H2,1H3/t15-,19+. The Bertz CT molecular complexity index is 1110. The summed E-state index contributed by atoms with van der Waals surface area (Å²) in [6.07, 6.45) is 1.22. The molecule has 5 nitrogen and oxygen atoms in total. The molecule has 0 bridgehead atoms. The number of sulfonamides is 1. The normalized spacial score (nSPS) is 23.1. The minimum absolute atomic E-state index is 0.0555. The summed E-state index contributed by atoms with van der Waals surface area (Å²) in [5.74, 6) is -1.57. The predicted octanol–water partition coefficient (Wildman–Crippen LogP) is 3.78. The lowest BCUT2D eigenvalue weighted by molar-refractivity contribution is 0.324. The molecule has 1 saturated carbocycles. The lowest BCUT2D eigenvalue weighted by Gasteiger charge is -2.40. The van der Waals surface area contributed by atoms with Crippen molar-refractivity contribution in [1.29, 1.82) is 0 Å².